The molecule has 1 amide bonds. The van der Waals surface area contributed by atoms with Crippen LogP contribution in [0.3, 0.4) is 0 Å². The number of benzene rings is 1. The molecule has 0 aliphatic heterocycles. The van der Waals surface area contributed by atoms with Crippen molar-refractivity contribution in [2.45, 2.75) is 27.2 Å². The highest BCUT2D eigenvalue weighted by molar-refractivity contribution is 9.10. The van der Waals surface area contributed by atoms with Gasteiger partial charge in [-0.2, -0.15) is 0 Å². The highest BCUT2D eigenvalue weighted by Crippen LogP contribution is 2.26. The maximum Gasteiger partial charge on any atom is 0.223 e. The van der Waals surface area contributed by atoms with Crippen molar-refractivity contribution in [1.29, 1.82) is 0 Å². The topological polar surface area (TPSA) is 38.3 Å². The number of nitrogens with one attached hydrogen (secondary N) is 1. The monoisotopic (exact) mass is 299 g/mol. The van der Waals surface area contributed by atoms with Crippen LogP contribution in [0, 0.1) is 13.8 Å². The standard InChI is InChI=1S/C13H18BrNO2/c1-4-15-12(16)5-6-17-11-7-9(2)13(14)10(3)8-11/h7-8H,4-6H2,1-3H3,(H,15,16). The van der Waals surface area contributed by atoms with Crippen LogP contribution in [0.2, 0.25) is 0 Å². The molecule has 0 bridgehead atoms. The largest absolute Gasteiger partial charge is 0.493 e. The fraction of sp³-hybridized carbons (Fsp3) is 0.462. The van der Waals surface area contributed by atoms with Gasteiger partial charge in [0.25, 0.3) is 0 Å². The molecule has 0 atom stereocenters. The molecule has 0 heterocycles. The van der Waals surface area contributed by atoms with E-state index < -0.39 is 0 Å². The number of carbonyl (C=O) groups excluding carboxylic acids is 1. The second kappa shape index (κ2) is 6.64. The highest BCUT2D eigenvalue weighted by atomic mass is 79.9. The van der Waals surface area contributed by atoms with Gasteiger partial charge in [-0.3, -0.25) is 4.79 Å². The first kappa shape index (κ1) is 14.0. The van der Waals surface area contributed by atoms with E-state index in [1.54, 1.807) is 0 Å². The molecule has 0 aliphatic carbocycles. The van der Waals surface area contributed by atoms with Crippen molar-refractivity contribution in [1.82, 2.24) is 5.32 Å². The van der Waals surface area contributed by atoms with E-state index in [2.05, 4.69) is 21.2 Å². The Morgan fingerprint density at radius 3 is 2.47 bits per heavy atom. The van der Waals surface area contributed by atoms with E-state index in [1.807, 2.05) is 32.9 Å². The fourth-order valence-electron chi connectivity index (χ4n) is 1.54. The SMILES string of the molecule is CCNC(=O)CCOc1cc(C)c(Br)c(C)c1. The Morgan fingerprint density at radius 2 is 1.94 bits per heavy atom. The Bertz CT molecular complexity index is 381. The van der Waals surface area contributed by atoms with E-state index in [-0.39, 0.29) is 5.91 Å². The third-order valence-electron chi connectivity index (χ3n) is 2.38. The lowest BCUT2D eigenvalue weighted by Gasteiger charge is -2.10. The highest BCUT2D eigenvalue weighted by Gasteiger charge is 2.04. The Morgan fingerprint density at radius 1 is 1.35 bits per heavy atom. The first-order valence-corrected chi connectivity index (χ1v) is 6.50. The maximum atomic E-state index is 11.2. The molecule has 1 rings (SSSR count). The summed E-state index contributed by atoms with van der Waals surface area (Å²) in [6, 6.07) is 3.93. The van der Waals surface area contributed by atoms with E-state index in [0.717, 1.165) is 21.3 Å². The number of aryl methyl sites for hydroxylation is 2. The molecule has 1 aromatic rings. The van der Waals surface area contributed by atoms with Crippen molar-refractivity contribution in [3.05, 3.63) is 27.7 Å². The Hall–Kier alpha value is -1.03. The average molecular weight is 300 g/mol. The third kappa shape index (κ3) is 4.38. The number of ether oxygens (including phenoxy) is 1. The zero-order chi connectivity index (χ0) is 12.8. The smallest absolute Gasteiger partial charge is 0.223 e. The Kier molecular flexibility index (Phi) is 5.48. The van der Waals surface area contributed by atoms with Crippen LogP contribution in [-0.4, -0.2) is 19.1 Å². The predicted octanol–water partition coefficient (Wildman–Crippen LogP) is 2.97. The van der Waals surface area contributed by atoms with E-state index in [9.17, 15) is 4.79 Å². The molecule has 4 heteroatoms. The predicted molar refractivity (Wildman–Crippen MR) is 72.4 cm³/mol. The molecule has 0 aromatic heterocycles. The van der Waals surface area contributed by atoms with Crippen LogP contribution in [0.25, 0.3) is 0 Å². The van der Waals surface area contributed by atoms with Gasteiger partial charge in [-0.15, -0.1) is 0 Å². The Labute approximate surface area is 111 Å². The molecule has 17 heavy (non-hydrogen) atoms. The molecule has 94 valence electrons. The van der Waals surface area contributed by atoms with Gasteiger partial charge in [-0.05, 0) is 44.0 Å². The van der Waals surface area contributed by atoms with E-state index >= 15 is 0 Å². The molecule has 1 N–H and O–H groups in total. The number of hydrogen-bond acceptors (Lipinski definition) is 2. The number of carbonyl (C=O) groups is 1. The van der Waals surface area contributed by atoms with Gasteiger partial charge in [-0.25, -0.2) is 0 Å². The molecule has 3 nitrogen and oxygen atoms in total. The number of halogens is 1. The second-order valence-corrected chi connectivity index (χ2v) is 4.72. The molecular formula is C13H18BrNO2. The average Bonchev–Trinajstić information content (AvgIpc) is 2.26. The zero-order valence-electron chi connectivity index (χ0n) is 10.5. The lowest BCUT2D eigenvalue weighted by atomic mass is 10.1. The number of amides is 1. The van der Waals surface area contributed by atoms with Crippen molar-refractivity contribution in [3.8, 4) is 5.75 Å². The maximum absolute atomic E-state index is 11.2. The van der Waals surface area contributed by atoms with E-state index in [1.165, 1.54) is 0 Å². The van der Waals surface area contributed by atoms with Gasteiger partial charge in [0.1, 0.15) is 5.75 Å². The summed E-state index contributed by atoms with van der Waals surface area (Å²) in [5.74, 6) is 0.838. The minimum absolute atomic E-state index is 0.0260. The molecule has 0 spiro atoms. The van der Waals surface area contributed by atoms with Crippen LogP contribution in [-0.2, 0) is 4.79 Å². The lowest BCUT2D eigenvalue weighted by molar-refractivity contribution is -0.121. The van der Waals surface area contributed by atoms with Gasteiger partial charge in [0, 0.05) is 11.0 Å². The van der Waals surface area contributed by atoms with Crippen LogP contribution in [0.5, 0.6) is 5.75 Å². The van der Waals surface area contributed by atoms with Crippen molar-refractivity contribution in [2.24, 2.45) is 0 Å². The van der Waals surface area contributed by atoms with Gasteiger partial charge < -0.3 is 10.1 Å². The molecule has 0 aliphatic rings. The summed E-state index contributed by atoms with van der Waals surface area (Å²) in [6.07, 6.45) is 0.391. The van der Waals surface area contributed by atoms with Crippen LogP contribution in [0.1, 0.15) is 24.5 Å². The summed E-state index contributed by atoms with van der Waals surface area (Å²) in [7, 11) is 0. The lowest BCUT2D eigenvalue weighted by Crippen LogP contribution is -2.24. The first-order chi connectivity index (χ1) is 8.04. The molecule has 0 saturated heterocycles. The summed E-state index contributed by atoms with van der Waals surface area (Å²) >= 11 is 3.51. The summed E-state index contributed by atoms with van der Waals surface area (Å²) in [5, 5.41) is 2.74. The van der Waals surface area contributed by atoms with E-state index in [4.69, 9.17) is 4.74 Å². The van der Waals surface area contributed by atoms with Crippen LogP contribution in [0.15, 0.2) is 16.6 Å². The van der Waals surface area contributed by atoms with Gasteiger partial charge in [0.15, 0.2) is 0 Å². The van der Waals surface area contributed by atoms with Gasteiger partial charge >= 0.3 is 0 Å². The molecule has 0 unspecified atom stereocenters. The van der Waals surface area contributed by atoms with Crippen molar-refractivity contribution in [2.75, 3.05) is 13.2 Å². The minimum Gasteiger partial charge on any atom is -0.493 e. The normalized spacial score (nSPS) is 10.1. The van der Waals surface area contributed by atoms with Crippen LogP contribution in [0.4, 0.5) is 0 Å². The fourth-order valence-corrected chi connectivity index (χ4v) is 1.77. The quantitative estimate of drug-likeness (QED) is 0.908. The minimum atomic E-state index is 0.0260. The molecule has 1 aromatic carbocycles. The van der Waals surface area contributed by atoms with Crippen molar-refractivity contribution >= 4 is 21.8 Å². The number of rotatable bonds is 5. The summed E-state index contributed by atoms with van der Waals surface area (Å²) in [5.41, 5.74) is 2.27. The number of hydrogen-bond donors (Lipinski definition) is 1. The summed E-state index contributed by atoms with van der Waals surface area (Å²) in [6.45, 7) is 7.02. The first-order valence-electron chi connectivity index (χ1n) is 5.70. The zero-order valence-corrected chi connectivity index (χ0v) is 12.1. The third-order valence-corrected chi connectivity index (χ3v) is 3.63. The molecule has 0 saturated carbocycles. The van der Waals surface area contributed by atoms with Gasteiger partial charge in [0.05, 0.1) is 13.0 Å². The second-order valence-electron chi connectivity index (χ2n) is 3.92. The molecular weight excluding hydrogens is 282 g/mol. The van der Waals surface area contributed by atoms with Crippen LogP contribution >= 0.6 is 15.9 Å². The summed E-state index contributed by atoms with van der Waals surface area (Å²) in [4.78, 5) is 11.2. The van der Waals surface area contributed by atoms with Crippen LogP contribution < -0.4 is 10.1 Å². The summed E-state index contributed by atoms with van der Waals surface area (Å²) < 4.78 is 6.66. The van der Waals surface area contributed by atoms with Gasteiger partial charge in [0.2, 0.25) is 5.91 Å². The van der Waals surface area contributed by atoms with Gasteiger partial charge in [-0.1, -0.05) is 15.9 Å². The molecule has 0 radical (unpaired) electrons. The van der Waals surface area contributed by atoms with Crippen molar-refractivity contribution in [3.63, 3.8) is 0 Å². The van der Waals surface area contributed by atoms with Crippen molar-refractivity contribution < 1.29 is 9.53 Å². The molecule has 0 fully saturated rings. The van der Waals surface area contributed by atoms with E-state index in [0.29, 0.717) is 19.6 Å². The Balaban J connectivity index is 2.50.